The van der Waals surface area contributed by atoms with Crippen molar-refractivity contribution in [2.24, 2.45) is 0 Å². The van der Waals surface area contributed by atoms with Crippen LogP contribution in [0.2, 0.25) is 5.02 Å². The highest BCUT2D eigenvalue weighted by Gasteiger charge is 2.07. The van der Waals surface area contributed by atoms with Crippen LogP contribution >= 0.6 is 11.6 Å². The van der Waals surface area contributed by atoms with E-state index in [2.05, 4.69) is 0 Å². The molecule has 0 heterocycles. The van der Waals surface area contributed by atoms with Gasteiger partial charge in [0.1, 0.15) is 13.7 Å². The van der Waals surface area contributed by atoms with Crippen molar-refractivity contribution in [3.8, 4) is 0 Å². The van der Waals surface area contributed by atoms with Crippen LogP contribution in [0.25, 0.3) is 5.57 Å². The number of halogens is 2. The Kier molecular flexibility index (Phi) is 3.30. The van der Waals surface area contributed by atoms with Gasteiger partial charge in [-0.15, -0.1) is 0 Å². The third kappa shape index (κ3) is 2.45. The minimum Gasteiger partial charge on any atom is -0.207 e. The molecule has 0 saturated heterocycles. The second-order valence-corrected chi connectivity index (χ2v) is 3.99. The van der Waals surface area contributed by atoms with E-state index in [1.807, 2.05) is 24.3 Å². The summed E-state index contributed by atoms with van der Waals surface area (Å²) in [6.07, 6.45) is 5.25. The molecule has 3 heteroatoms. The van der Waals surface area contributed by atoms with Gasteiger partial charge in [-0.05, 0) is 41.8 Å². The summed E-state index contributed by atoms with van der Waals surface area (Å²) in [7, 11) is 5.82. The molecule has 0 N–H and O–H groups in total. The van der Waals surface area contributed by atoms with Gasteiger partial charge in [0.2, 0.25) is 0 Å². The Morgan fingerprint density at radius 3 is 2.81 bits per heavy atom. The summed E-state index contributed by atoms with van der Waals surface area (Å²) in [4.78, 5) is 0. The maximum Gasteiger partial charge on any atom is 0.118 e. The monoisotopic (exact) mass is 230 g/mol. The Bertz CT molecular complexity index is 500. The van der Waals surface area contributed by atoms with Crippen LogP contribution in [-0.2, 0) is 0 Å². The molecular formula is C13H9BClF. The maximum absolute atomic E-state index is 13.1. The highest BCUT2D eigenvalue weighted by atomic mass is 35.5. The zero-order valence-electron chi connectivity index (χ0n) is 8.58. The van der Waals surface area contributed by atoms with Gasteiger partial charge in [0.25, 0.3) is 0 Å². The molecule has 0 spiro atoms. The Labute approximate surface area is 101 Å². The molecule has 0 bridgehead atoms. The molecule has 1 aromatic rings. The van der Waals surface area contributed by atoms with Crippen molar-refractivity contribution in [1.29, 1.82) is 0 Å². The van der Waals surface area contributed by atoms with Crippen molar-refractivity contribution in [1.82, 2.24) is 0 Å². The fourth-order valence-corrected chi connectivity index (χ4v) is 1.82. The minimum absolute atomic E-state index is 0.300. The fraction of sp³-hybridized carbons (Fsp3) is 0.0769. The number of hydrogen-bond donors (Lipinski definition) is 0. The fourth-order valence-electron chi connectivity index (χ4n) is 1.63. The highest BCUT2D eigenvalue weighted by molar-refractivity contribution is 6.32. The molecule has 0 unspecified atom stereocenters. The van der Waals surface area contributed by atoms with Crippen LogP contribution in [0, 0.1) is 0 Å². The second kappa shape index (κ2) is 4.71. The summed E-state index contributed by atoms with van der Waals surface area (Å²) in [5.41, 5.74) is 2.16. The average molecular weight is 230 g/mol. The predicted molar refractivity (Wildman–Crippen MR) is 67.1 cm³/mol. The third-order valence-corrected chi connectivity index (χ3v) is 2.61. The van der Waals surface area contributed by atoms with Crippen LogP contribution in [0.1, 0.15) is 12.0 Å². The lowest BCUT2D eigenvalue weighted by atomic mass is 9.84. The highest BCUT2D eigenvalue weighted by Crippen LogP contribution is 2.27. The van der Waals surface area contributed by atoms with Gasteiger partial charge in [-0.2, -0.15) is 0 Å². The zero-order valence-corrected chi connectivity index (χ0v) is 9.34. The molecule has 16 heavy (non-hydrogen) atoms. The third-order valence-electron chi connectivity index (χ3n) is 2.37. The van der Waals surface area contributed by atoms with Crippen LogP contribution in [0.5, 0.6) is 0 Å². The van der Waals surface area contributed by atoms with Gasteiger partial charge in [-0.25, -0.2) is 4.39 Å². The van der Waals surface area contributed by atoms with Crippen LogP contribution in [0.3, 0.4) is 0 Å². The Hall–Kier alpha value is -1.28. The average Bonchev–Trinajstić information content (AvgIpc) is 2.39. The lowest BCUT2D eigenvalue weighted by molar-refractivity contribution is 0.663. The summed E-state index contributed by atoms with van der Waals surface area (Å²) in [5, 5.41) is 0.642. The molecule has 1 aliphatic carbocycles. The van der Waals surface area contributed by atoms with Crippen molar-refractivity contribution in [3.63, 3.8) is 0 Å². The van der Waals surface area contributed by atoms with E-state index < -0.39 is 0 Å². The summed E-state index contributed by atoms with van der Waals surface area (Å²) in [6, 6.07) is 7.36. The summed E-state index contributed by atoms with van der Waals surface area (Å²) >= 11 is 5.91. The maximum atomic E-state index is 13.1. The van der Waals surface area contributed by atoms with E-state index in [1.54, 1.807) is 6.07 Å². The van der Waals surface area contributed by atoms with E-state index in [0.29, 0.717) is 16.9 Å². The minimum atomic E-state index is -0.300. The molecule has 0 aromatic heterocycles. The van der Waals surface area contributed by atoms with Crippen molar-refractivity contribution in [3.05, 3.63) is 64.4 Å². The number of allylic oxidation sites excluding steroid dienone is 6. The first-order chi connectivity index (χ1) is 7.66. The van der Waals surface area contributed by atoms with Gasteiger partial charge in [0.15, 0.2) is 0 Å². The predicted octanol–water partition coefficient (Wildman–Crippen LogP) is 4.03. The first kappa shape index (κ1) is 11.2. The molecule has 0 fully saturated rings. The molecule has 0 nitrogen and oxygen atoms in total. The SMILES string of the molecule is [B]C1=CC(F)=CCC=C1c1cccc(Cl)c1. The van der Waals surface area contributed by atoms with E-state index in [-0.39, 0.29) is 5.83 Å². The van der Waals surface area contributed by atoms with Gasteiger partial charge >= 0.3 is 0 Å². The number of hydrogen-bond acceptors (Lipinski definition) is 0. The molecule has 78 valence electrons. The smallest absolute Gasteiger partial charge is 0.118 e. The van der Waals surface area contributed by atoms with Gasteiger partial charge < -0.3 is 0 Å². The first-order valence-electron chi connectivity index (χ1n) is 4.96. The van der Waals surface area contributed by atoms with Gasteiger partial charge in [0.05, 0.1) is 0 Å². The summed E-state index contributed by atoms with van der Waals surface area (Å²) in [5.74, 6) is -0.300. The molecule has 0 aliphatic heterocycles. The molecular weight excluding hydrogens is 221 g/mol. The topological polar surface area (TPSA) is 0 Å². The van der Waals surface area contributed by atoms with Crippen molar-refractivity contribution in [2.75, 3.05) is 0 Å². The normalized spacial score (nSPS) is 16.0. The van der Waals surface area contributed by atoms with Gasteiger partial charge in [0, 0.05) is 5.02 Å². The van der Waals surface area contributed by atoms with E-state index >= 15 is 0 Å². The zero-order chi connectivity index (χ0) is 11.5. The summed E-state index contributed by atoms with van der Waals surface area (Å²) < 4.78 is 13.1. The van der Waals surface area contributed by atoms with Crippen LogP contribution in [0.4, 0.5) is 4.39 Å². The van der Waals surface area contributed by atoms with Crippen molar-refractivity contribution in [2.45, 2.75) is 6.42 Å². The van der Waals surface area contributed by atoms with E-state index in [9.17, 15) is 4.39 Å². The van der Waals surface area contributed by atoms with Crippen molar-refractivity contribution < 1.29 is 4.39 Å². The van der Waals surface area contributed by atoms with Gasteiger partial charge in [-0.1, -0.05) is 35.3 Å². The lowest BCUT2D eigenvalue weighted by Gasteiger charge is -2.08. The second-order valence-electron chi connectivity index (χ2n) is 3.55. The molecule has 0 atom stereocenters. The summed E-state index contributed by atoms with van der Waals surface area (Å²) in [6.45, 7) is 0. The Morgan fingerprint density at radius 2 is 2.06 bits per heavy atom. The largest absolute Gasteiger partial charge is 0.207 e. The molecule has 2 rings (SSSR count). The van der Waals surface area contributed by atoms with E-state index in [1.165, 1.54) is 12.2 Å². The Balaban J connectivity index is 2.42. The standard InChI is InChI=1S/C13H9BClF/c14-13-8-11(16)5-2-6-12(13)9-3-1-4-10(15)7-9/h1,3-8H,2H2. The van der Waals surface area contributed by atoms with Crippen LogP contribution in [-0.4, -0.2) is 7.85 Å². The van der Waals surface area contributed by atoms with E-state index in [4.69, 9.17) is 19.4 Å². The number of benzene rings is 1. The first-order valence-corrected chi connectivity index (χ1v) is 5.34. The van der Waals surface area contributed by atoms with Crippen LogP contribution in [0.15, 0.2) is 53.8 Å². The van der Waals surface area contributed by atoms with Crippen molar-refractivity contribution >= 4 is 25.0 Å². The molecule has 0 saturated carbocycles. The van der Waals surface area contributed by atoms with E-state index in [0.717, 1.165) is 11.1 Å². The quantitative estimate of drug-likeness (QED) is 0.639. The number of rotatable bonds is 1. The van der Waals surface area contributed by atoms with Crippen LogP contribution < -0.4 is 0 Å². The molecule has 0 amide bonds. The lowest BCUT2D eigenvalue weighted by Crippen LogP contribution is -1.89. The van der Waals surface area contributed by atoms with Gasteiger partial charge in [-0.3, -0.25) is 0 Å². The molecule has 1 aliphatic rings. The molecule has 2 radical (unpaired) electrons. The Morgan fingerprint density at radius 1 is 1.25 bits per heavy atom. The molecule has 1 aromatic carbocycles.